The largest absolute Gasteiger partial charge is 0.269 e. The molecule has 1 aromatic rings. The van der Waals surface area contributed by atoms with Gasteiger partial charge in [0.15, 0.2) is 0 Å². The summed E-state index contributed by atoms with van der Waals surface area (Å²) in [5.74, 6) is -1.58. The number of nitrogens with zero attached hydrogens (tertiary/aromatic N) is 2. The zero-order valence-electron chi connectivity index (χ0n) is 13.8. The summed E-state index contributed by atoms with van der Waals surface area (Å²) in [6.07, 6.45) is 4.93. The molecule has 1 aromatic carbocycles. The summed E-state index contributed by atoms with van der Waals surface area (Å²) in [4.78, 5) is 50.4. The van der Waals surface area contributed by atoms with E-state index in [1.54, 1.807) is 27.7 Å². The van der Waals surface area contributed by atoms with Crippen LogP contribution in [-0.2, 0) is 19.2 Å². The second-order valence-electron chi connectivity index (χ2n) is 5.89. The van der Waals surface area contributed by atoms with Crippen LogP contribution in [-0.4, -0.2) is 23.6 Å². The molecule has 0 atom stereocenters. The minimum atomic E-state index is -0.396. The van der Waals surface area contributed by atoms with E-state index < -0.39 is 23.6 Å². The monoisotopic (exact) mass is 324 g/mol. The predicted molar refractivity (Wildman–Crippen MR) is 88.7 cm³/mol. The van der Waals surface area contributed by atoms with Gasteiger partial charge in [0, 0.05) is 24.3 Å². The molecule has 0 N–H and O–H groups in total. The molecule has 0 saturated heterocycles. The molecule has 0 unspecified atom stereocenters. The van der Waals surface area contributed by atoms with Gasteiger partial charge in [0.2, 0.25) is 0 Å². The van der Waals surface area contributed by atoms with Gasteiger partial charge in [-0.05, 0) is 49.9 Å². The van der Waals surface area contributed by atoms with Gasteiger partial charge in [0.05, 0.1) is 11.4 Å². The first-order chi connectivity index (χ1) is 11.3. The Bertz CT molecular complexity index is 755. The molecule has 0 aromatic heterocycles. The van der Waals surface area contributed by atoms with Gasteiger partial charge in [0.1, 0.15) is 0 Å². The van der Waals surface area contributed by atoms with Crippen LogP contribution in [0.3, 0.4) is 0 Å². The second kappa shape index (κ2) is 5.26. The molecule has 6 heteroatoms. The van der Waals surface area contributed by atoms with Crippen LogP contribution in [0.1, 0.15) is 22.3 Å². The van der Waals surface area contributed by atoms with Crippen molar-refractivity contribution in [3.05, 3.63) is 46.6 Å². The molecule has 0 bridgehead atoms. The van der Waals surface area contributed by atoms with Gasteiger partial charge < -0.3 is 0 Å². The lowest BCUT2D eigenvalue weighted by Gasteiger charge is -2.28. The molecule has 0 spiro atoms. The Hall–Kier alpha value is -3.02. The van der Waals surface area contributed by atoms with Crippen LogP contribution in [0.25, 0.3) is 0 Å². The lowest BCUT2D eigenvalue weighted by atomic mass is 9.94. The summed E-state index contributed by atoms with van der Waals surface area (Å²) in [6, 6.07) is 0. The number of benzene rings is 1. The van der Waals surface area contributed by atoms with Gasteiger partial charge in [-0.2, -0.15) is 0 Å². The Labute approximate surface area is 139 Å². The zero-order chi connectivity index (χ0) is 17.8. The van der Waals surface area contributed by atoms with Crippen molar-refractivity contribution < 1.29 is 19.2 Å². The fourth-order valence-electron chi connectivity index (χ4n) is 3.19. The number of hydrogen-bond acceptors (Lipinski definition) is 4. The lowest BCUT2D eigenvalue weighted by molar-refractivity contribution is -0.121. The average Bonchev–Trinajstić information content (AvgIpc) is 3.03. The maximum Gasteiger partial charge on any atom is 0.258 e. The van der Waals surface area contributed by atoms with Gasteiger partial charge in [-0.15, -0.1) is 0 Å². The number of carbonyl (C=O) groups excluding carboxylic acids is 4. The molecule has 2 heterocycles. The van der Waals surface area contributed by atoms with Gasteiger partial charge in [-0.25, -0.2) is 9.80 Å². The molecular formula is C18H16N2O4. The molecule has 2 aliphatic heterocycles. The molecule has 4 amide bonds. The fourth-order valence-corrected chi connectivity index (χ4v) is 3.19. The van der Waals surface area contributed by atoms with Crippen LogP contribution >= 0.6 is 0 Å². The van der Waals surface area contributed by atoms with Crippen molar-refractivity contribution >= 4 is 35.0 Å². The molecular weight excluding hydrogens is 308 g/mol. The predicted octanol–water partition coefficient (Wildman–Crippen LogP) is 1.78. The van der Waals surface area contributed by atoms with E-state index in [2.05, 4.69) is 0 Å². The van der Waals surface area contributed by atoms with Crippen molar-refractivity contribution in [3.63, 3.8) is 0 Å². The first-order valence-electron chi connectivity index (χ1n) is 7.48. The van der Waals surface area contributed by atoms with E-state index in [0.717, 1.165) is 9.80 Å². The quantitative estimate of drug-likeness (QED) is 0.777. The van der Waals surface area contributed by atoms with Crippen molar-refractivity contribution in [1.82, 2.24) is 0 Å². The minimum absolute atomic E-state index is 0.396. The number of imide groups is 2. The summed E-state index contributed by atoms with van der Waals surface area (Å²) in [7, 11) is 0. The van der Waals surface area contributed by atoms with Crippen molar-refractivity contribution in [1.29, 1.82) is 0 Å². The van der Waals surface area contributed by atoms with Gasteiger partial charge >= 0.3 is 0 Å². The normalized spacial score (nSPS) is 17.0. The van der Waals surface area contributed by atoms with E-state index in [9.17, 15) is 19.2 Å². The van der Waals surface area contributed by atoms with E-state index >= 15 is 0 Å². The third-order valence-corrected chi connectivity index (χ3v) is 4.61. The van der Waals surface area contributed by atoms with Crippen molar-refractivity contribution in [2.45, 2.75) is 27.7 Å². The van der Waals surface area contributed by atoms with Crippen LogP contribution in [0.15, 0.2) is 24.3 Å². The smallest absolute Gasteiger partial charge is 0.258 e. The van der Waals surface area contributed by atoms with E-state index in [4.69, 9.17) is 0 Å². The number of amides is 4. The van der Waals surface area contributed by atoms with Crippen LogP contribution in [0.5, 0.6) is 0 Å². The molecule has 122 valence electrons. The zero-order valence-corrected chi connectivity index (χ0v) is 13.8. The number of carbonyl (C=O) groups is 4. The van der Waals surface area contributed by atoms with Gasteiger partial charge in [0.25, 0.3) is 23.6 Å². The third-order valence-electron chi connectivity index (χ3n) is 4.61. The molecule has 0 aliphatic carbocycles. The molecule has 3 rings (SSSR count). The third kappa shape index (κ3) is 2.03. The lowest BCUT2D eigenvalue weighted by Crippen LogP contribution is -2.34. The highest BCUT2D eigenvalue weighted by Gasteiger charge is 2.34. The molecule has 0 radical (unpaired) electrons. The SMILES string of the molecule is Cc1c(C)c(N2C(=O)C=CC2=O)c(C)c(C)c1N1C(=O)C=CC1=O. The van der Waals surface area contributed by atoms with Crippen LogP contribution in [0.4, 0.5) is 11.4 Å². The summed E-state index contributed by atoms with van der Waals surface area (Å²) in [6.45, 7) is 7.10. The summed E-state index contributed by atoms with van der Waals surface area (Å²) in [5, 5.41) is 0. The highest BCUT2D eigenvalue weighted by molar-refractivity contribution is 6.30. The summed E-state index contributed by atoms with van der Waals surface area (Å²) in [5.41, 5.74) is 3.77. The Balaban J connectivity index is 2.24. The van der Waals surface area contributed by atoms with E-state index in [1.165, 1.54) is 24.3 Å². The van der Waals surface area contributed by atoms with Crippen molar-refractivity contribution in [2.24, 2.45) is 0 Å². The second-order valence-corrected chi connectivity index (χ2v) is 5.89. The maximum absolute atomic E-state index is 12.0. The van der Waals surface area contributed by atoms with Crippen molar-refractivity contribution in [2.75, 3.05) is 9.80 Å². The highest BCUT2D eigenvalue weighted by atomic mass is 16.2. The van der Waals surface area contributed by atoms with Crippen LogP contribution in [0.2, 0.25) is 0 Å². The fraction of sp³-hybridized carbons (Fsp3) is 0.222. The van der Waals surface area contributed by atoms with Gasteiger partial charge in [-0.3, -0.25) is 19.2 Å². The topological polar surface area (TPSA) is 74.8 Å². The molecule has 0 fully saturated rings. The minimum Gasteiger partial charge on any atom is -0.269 e. The maximum atomic E-state index is 12.0. The van der Waals surface area contributed by atoms with Crippen molar-refractivity contribution in [3.8, 4) is 0 Å². The standard InChI is InChI=1S/C18H16N2O4/c1-9-10(2)18(20-15(23)7-8-16(20)24)12(4)11(3)17(9)19-13(21)5-6-14(19)22/h5-8H,1-4H3. The first-order valence-corrected chi connectivity index (χ1v) is 7.48. The highest BCUT2D eigenvalue weighted by Crippen LogP contribution is 2.40. The summed E-state index contributed by atoms with van der Waals surface area (Å²) < 4.78 is 0. The van der Waals surface area contributed by atoms with Gasteiger partial charge in [-0.1, -0.05) is 0 Å². The Morgan fingerprint density at radius 3 is 0.917 bits per heavy atom. The number of rotatable bonds is 2. The van der Waals surface area contributed by atoms with E-state index in [0.29, 0.717) is 33.6 Å². The molecule has 0 saturated carbocycles. The van der Waals surface area contributed by atoms with Crippen LogP contribution < -0.4 is 9.80 Å². The van der Waals surface area contributed by atoms with E-state index in [1.807, 2.05) is 0 Å². The van der Waals surface area contributed by atoms with E-state index in [-0.39, 0.29) is 0 Å². The first kappa shape index (κ1) is 15.9. The summed E-state index contributed by atoms with van der Waals surface area (Å²) >= 11 is 0. The molecule has 2 aliphatic rings. The Morgan fingerprint density at radius 1 is 0.500 bits per heavy atom. The Morgan fingerprint density at radius 2 is 0.708 bits per heavy atom. The molecule has 6 nitrogen and oxygen atoms in total. The number of hydrogen-bond donors (Lipinski definition) is 0. The van der Waals surface area contributed by atoms with Crippen LogP contribution in [0, 0.1) is 27.7 Å². The molecule has 24 heavy (non-hydrogen) atoms. The Kier molecular flexibility index (Phi) is 3.48. The number of anilines is 2. The average molecular weight is 324 g/mol.